The van der Waals surface area contributed by atoms with Gasteiger partial charge in [0, 0.05) is 6.42 Å². The van der Waals surface area contributed by atoms with Gasteiger partial charge in [0.05, 0.1) is 5.92 Å². The number of carbonyl (C=O) groups is 2. The number of carbonyl (C=O) groups excluding carboxylic acids is 1. The average molecular weight is 333 g/mol. The zero-order valence-electron chi connectivity index (χ0n) is 13.3. The highest BCUT2D eigenvalue weighted by atomic mass is 31.1. The molecule has 2 atom stereocenters. The second-order valence-electron chi connectivity index (χ2n) is 5.74. The van der Waals surface area contributed by atoms with Crippen LogP contribution in [0.5, 0.6) is 0 Å². The van der Waals surface area contributed by atoms with E-state index in [9.17, 15) is 24.4 Å². The Kier molecular flexibility index (Phi) is 11.0. The van der Waals surface area contributed by atoms with Gasteiger partial charge in [0.1, 0.15) is 0 Å². The Morgan fingerprint density at radius 1 is 1.14 bits per heavy atom. The number of carboxylic acid groups (broad SMARTS) is 1. The monoisotopic (exact) mass is 333 g/mol. The topological polar surface area (TPSA) is 118 Å². The van der Waals surface area contributed by atoms with E-state index in [2.05, 4.69) is 6.92 Å². The molecule has 0 rings (SSSR count). The molecule has 7 heteroatoms. The van der Waals surface area contributed by atoms with Crippen molar-refractivity contribution in [3.63, 3.8) is 0 Å². The summed E-state index contributed by atoms with van der Waals surface area (Å²) in [6.07, 6.45) is 7.06. The number of unbranched alkanes of at least 4 members (excludes halogenated alkanes) is 6. The van der Waals surface area contributed by atoms with Crippen molar-refractivity contribution >= 4 is 20.3 Å². The molecular weight excluding hydrogens is 305 g/mol. The minimum Gasteiger partial charge on any atom is -0.481 e. The lowest BCUT2D eigenvalue weighted by atomic mass is 9.91. The predicted octanol–water partition coefficient (Wildman–Crippen LogP) is 3.07. The Morgan fingerprint density at radius 2 is 1.68 bits per heavy atom. The van der Waals surface area contributed by atoms with Crippen LogP contribution in [0, 0.1) is 5.92 Å². The van der Waals surface area contributed by atoms with Crippen molar-refractivity contribution in [1.82, 2.24) is 0 Å². The molecule has 0 aromatic carbocycles. The number of primary amides is 1. The highest BCUT2D eigenvalue weighted by Crippen LogP contribution is 2.37. The summed E-state index contributed by atoms with van der Waals surface area (Å²) in [5, 5.41) is 17.7. The van der Waals surface area contributed by atoms with E-state index in [4.69, 9.17) is 5.73 Å². The van der Waals surface area contributed by atoms with Crippen LogP contribution in [-0.4, -0.2) is 27.4 Å². The molecular formula is C15H28NO5P. The first-order chi connectivity index (χ1) is 10.4. The molecule has 22 heavy (non-hydrogen) atoms. The second kappa shape index (κ2) is 11.6. The zero-order chi connectivity index (χ0) is 17.0. The maximum Gasteiger partial charge on any atom is 0.310 e. The molecule has 128 valence electrons. The first-order valence-electron chi connectivity index (χ1n) is 7.95. The van der Waals surface area contributed by atoms with Gasteiger partial charge < -0.3 is 15.9 Å². The molecule has 0 bridgehead atoms. The number of hydrogen-bond donors (Lipinski definition) is 3. The van der Waals surface area contributed by atoms with Crippen LogP contribution >= 0.6 is 8.46 Å². The van der Waals surface area contributed by atoms with E-state index in [-0.39, 0.29) is 19.3 Å². The fourth-order valence-electron chi connectivity index (χ4n) is 2.46. The summed E-state index contributed by atoms with van der Waals surface area (Å²) in [6.45, 7) is 2.14. The molecule has 0 spiro atoms. The number of amides is 1. The summed E-state index contributed by atoms with van der Waals surface area (Å²) < 4.78 is 11.3. The largest absolute Gasteiger partial charge is 0.481 e. The van der Waals surface area contributed by atoms with E-state index < -0.39 is 31.6 Å². The molecule has 6 nitrogen and oxygen atoms in total. The van der Waals surface area contributed by atoms with Crippen LogP contribution in [0.25, 0.3) is 0 Å². The number of aliphatic carboxylic acids is 1. The minimum atomic E-state index is -1.83. The molecule has 0 aromatic rings. The SMILES string of the molecule is CCCCCCCCCC(O)(P=O)C(CCC(N)=O)C(=O)O. The van der Waals surface area contributed by atoms with Gasteiger partial charge in [-0.15, -0.1) is 0 Å². The lowest BCUT2D eigenvalue weighted by molar-refractivity contribution is -0.148. The van der Waals surface area contributed by atoms with E-state index in [0.29, 0.717) is 6.42 Å². The Labute approximate surface area is 133 Å². The summed E-state index contributed by atoms with van der Waals surface area (Å²) in [7, 11) is -0.616. The number of rotatable bonds is 14. The van der Waals surface area contributed by atoms with Crippen molar-refractivity contribution < 1.29 is 24.4 Å². The van der Waals surface area contributed by atoms with E-state index in [1.54, 1.807) is 0 Å². The normalized spacial score (nSPS) is 15.4. The van der Waals surface area contributed by atoms with Crippen molar-refractivity contribution in [3.05, 3.63) is 0 Å². The van der Waals surface area contributed by atoms with Crippen molar-refractivity contribution in [2.24, 2.45) is 11.7 Å². The summed E-state index contributed by atoms with van der Waals surface area (Å²) in [5.74, 6) is -3.14. The fraction of sp³-hybridized carbons (Fsp3) is 0.867. The van der Waals surface area contributed by atoms with Gasteiger partial charge in [-0.05, 0) is 19.3 Å². The van der Waals surface area contributed by atoms with Crippen LogP contribution in [0.3, 0.4) is 0 Å². The average Bonchev–Trinajstić information content (AvgIpc) is 2.45. The Morgan fingerprint density at radius 3 is 2.14 bits per heavy atom. The lowest BCUT2D eigenvalue weighted by Crippen LogP contribution is -2.38. The third-order valence-corrected chi connectivity index (χ3v) is 4.69. The van der Waals surface area contributed by atoms with E-state index in [1.807, 2.05) is 0 Å². The van der Waals surface area contributed by atoms with Crippen molar-refractivity contribution in [2.75, 3.05) is 0 Å². The molecule has 2 unspecified atom stereocenters. The lowest BCUT2D eigenvalue weighted by Gasteiger charge is -2.27. The van der Waals surface area contributed by atoms with Gasteiger partial charge in [-0.2, -0.15) is 0 Å². The molecule has 0 saturated heterocycles. The molecule has 0 saturated carbocycles. The third kappa shape index (κ3) is 8.44. The molecule has 0 radical (unpaired) electrons. The van der Waals surface area contributed by atoms with E-state index in [1.165, 1.54) is 19.3 Å². The number of hydrogen-bond acceptors (Lipinski definition) is 4. The first kappa shape index (κ1) is 21.0. The number of carboxylic acids is 1. The van der Waals surface area contributed by atoms with E-state index >= 15 is 0 Å². The molecule has 0 aliphatic heterocycles. The van der Waals surface area contributed by atoms with Crippen LogP contribution in [-0.2, 0) is 14.2 Å². The summed E-state index contributed by atoms with van der Waals surface area (Å²) >= 11 is 0. The van der Waals surface area contributed by atoms with Crippen LogP contribution in [0.2, 0.25) is 0 Å². The van der Waals surface area contributed by atoms with Gasteiger partial charge >= 0.3 is 5.97 Å². The van der Waals surface area contributed by atoms with Gasteiger partial charge in [-0.3, -0.25) is 14.2 Å². The van der Waals surface area contributed by atoms with Gasteiger partial charge in [-0.25, -0.2) is 0 Å². The first-order valence-corrected chi connectivity index (χ1v) is 8.76. The van der Waals surface area contributed by atoms with Crippen molar-refractivity contribution in [1.29, 1.82) is 0 Å². The predicted molar refractivity (Wildman–Crippen MR) is 84.7 cm³/mol. The van der Waals surface area contributed by atoms with Crippen LogP contribution in [0.15, 0.2) is 0 Å². The van der Waals surface area contributed by atoms with Gasteiger partial charge in [0.2, 0.25) is 5.91 Å². The van der Waals surface area contributed by atoms with Crippen molar-refractivity contribution in [2.45, 2.75) is 76.5 Å². The molecule has 0 fully saturated rings. The summed E-state index contributed by atoms with van der Waals surface area (Å²) in [4.78, 5) is 22.1. The van der Waals surface area contributed by atoms with E-state index in [0.717, 1.165) is 19.3 Å². The maximum atomic E-state index is 11.3. The third-order valence-electron chi connectivity index (χ3n) is 3.84. The Bertz CT molecular complexity index is 364. The van der Waals surface area contributed by atoms with Crippen LogP contribution in [0.1, 0.15) is 71.1 Å². The van der Waals surface area contributed by atoms with Gasteiger partial charge in [-0.1, -0.05) is 45.4 Å². The minimum absolute atomic E-state index is 0.104. The molecule has 0 heterocycles. The molecule has 4 N–H and O–H groups in total. The molecule has 0 aliphatic rings. The number of nitrogens with two attached hydrogens (primary N) is 1. The van der Waals surface area contributed by atoms with Gasteiger partial charge in [0.25, 0.3) is 0 Å². The Hall–Kier alpha value is -1.00. The fourth-order valence-corrected chi connectivity index (χ4v) is 3.08. The maximum absolute atomic E-state index is 11.3. The van der Waals surface area contributed by atoms with Crippen LogP contribution in [0.4, 0.5) is 0 Å². The van der Waals surface area contributed by atoms with Gasteiger partial charge in [0.15, 0.2) is 13.8 Å². The zero-order valence-corrected chi connectivity index (χ0v) is 14.2. The molecule has 0 aliphatic carbocycles. The standard InChI is InChI=1S/C15H28NO5P/c1-2-3-4-5-6-7-8-11-15(20,22-21)12(14(18)19)9-10-13(16)17/h12,20H,2-11H2,1H3,(H2,16,17)(H,18,19). The molecule has 1 amide bonds. The highest BCUT2D eigenvalue weighted by molar-refractivity contribution is 7.25. The smallest absolute Gasteiger partial charge is 0.310 e. The summed E-state index contributed by atoms with van der Waals surface area (Å²) in [5.41, 5.74) is 5.01. The highest BCUT2D eigenvalue weighted by Gasteiger charge is 2.42. The second-order valence-corrected chi connectivity index (χ2v) is 6.69. The van der Waals surface area contributed by atoms with Crippen LogP contribution < -0.4 is 5.73 Å². The number of aliphatic hydroxyl groups is 1. The Balaban J connectivity index is 4.35. The molecule has 0 aromatic heterocycles. The quantitative estimate of drug-likeness (QED) is 0.333. The summed E-state index contributed by atoms with van der Waals surface area (Å²) in [6, 6.07) is 0. The van der Waals surface area contributed by atoms with Crippen molar-refractivity contribution in [3.8, 4) is 0 Å².